The third kappa shape index (κ3) is 2.81. The van der Waals surface area contributed by atoms with Crippen LogP contribution in [0.5, 0.6) is 0 Å². The quantitative estimate of drug-likeness (QED) is 0.845. The second-order valence-electron chi connectivity index (χ2n) is 3.51. The lowest BCUT2D eigenvalue weighted by Gasteiger charge is -2.10. The maximum absolute atomic E-state index is 12.2. The lowest BCUT2D eigenvalue weighted by Crippen LogP contribution is -2.14. The van der Waals surface area contributed by atoms with Crippen molar-refractivity contribution in [1.29, 1.82) is 0 Å². The highest BCUT2D eigenvalue weighted by atomic mass is 32.1. The molecule has 0 aromatic carbocycles. The number of hydrogen-bond acceptors (Lipinski definition) is 4. The molecule has 0 bridgehead atoms. The average Bonchev–Trinajstić information content (AvgIpc) is 2.96. The van der Waals surface area contributed by atoms with Crippen molar-refractivity contribution in [2.24, 2.45) is 0 Å². The first-order valence-electron chi connectivity index (χ1n) is 5.01. The van der Waals surface area contributed by atoms with E-state index in [-0.39, 0.29) is 12.2 Å². The van der Waals surface area contributed by atoms with Crippen LogP contribution in [-0.4, -0.2) is 16.9 Å². The summed E-state index contributed by atoms with van der Waals surface area (Å²) >= 11 is 2.76. The van der Waals surface area contributed by atoms with Gasteiger partial charge in [0.15, 0.2) is 5.78 Å². The molecule has 1 atom stereocenters. The van der Waals surface area contributed by atoms with Crippen LogP contribution < -0.4 is 0 Å². The lowest BCUT2D eigenvalue weighted by atomic mass is 9.97. The third-order valence-electron chi connectivity index (χ3n) is 2.35. The topological polar surface area (TPSA) is 54.4 Å². The maximum Gasteiger partial charge on any atom is 0.304 e. The van der Waals surface area contributed by atoms with Crippen LogP contribution in [0.2, 0.25) is 0 Å². The van der Waals surface area contributed by atoms with Crippen molar-refractivity contribution in [3.05, 3.63) is 44.8 Å². The zero-order chi connectivity index (χ0) is 12.3. The van der Waals surface area contributed by atoms with Crippen molar-refractivity contribution in [1.82, 2.24) is 0 Å². The van der Waals surface area contributed by atoms with E-state index >= 15 is 0 Å². The summed E-state index contributed by atoms with van der Waals surface area (Å²) in [5, 5.41) is 12.6. The minimum absolute atomic E-state index is 0.107. The summed E-state index contributed by atoms with van der Waals surface area (Å²) in [5.74, 6) is -1.62. The molecule has 1 unspecified atom stereocenters. The number of carboxylic acids is 1. The predicted molar refractivity (Wildman–Crippen MR) is 68.0 cm³/mol. The van der Waals surface area contributed by atoms with Crippen LogP contribution in [0.15, 0.2) is 35.0 Å². The number of rotatable bonds is 5. The maximum atomic E-state index is 12.2. The van der Waals surface area contributed by atoms with Crippen LogP contribution in [-0.2, 0) is 4.79 Å². The Morgan fingerprint density at radius 2 is 1.88 bits per heavy atom. The molecule has 0 aliphatic rings. The normalized spacial score (nSPS) is 12.2. The van der Waals surface area contributed by atoms with Gasteiger partial charge in [-0.1, -0.05) is 12.1 Å². The summed E-state index contributed by atoms with van der Waals surface area (Å²) in [7, 11) is 0. The fraction of sp³-hybridized carbons (Fsp3) is 0.167. The van der Waals surface area contributed by atoms with Crippen molar-refractivity contribution in [3.63, 3.8) is 0 Å². The molecule has 0 radical (unpaired) electrons. The Morgan fingerprint density at radius 3 is 2.41 bits per heavy atom. The molecule has 0 aliphatic carbocycles. The molecule has 0 amide bonds. The zero-order valence-electron chi connectivity index (χ0n) is 8.83. The van der Waals surface area contributed by atoms with Crippen LogP contribution in [0, 0.1) is 0 Å². The Kier molecular flexibility index (Phi) is 3.71. The minimum atomic E-state index is -0.951. The summed E-state index contributed by atoms with van der Waals surface area (Å²) in [5.41, 5.74) is 0. The molecular formula is C12H10O3S2. The Balaban J connectivity index is 2.28. The predicted octanol–water partition coefficient (Wildman–Crippen LogP) is 3.25. The van der Waals surface area contributed by atoms with E-state index in [0.29, 0.717) is 4.88 Å². The molecule has 0 saturated carbocycles. The average molecular weight is 266 g/mol. The Hall–Kier alpha value is -1.46. The van der Waals surface area contributed by atoms with Crippen molar-refractivity contribution in [2.45, 2.75) is 12.3 Å². The first-order chi connectivity index (χ1) is 8.18. The molecule has 2 aromatic rings. The highest BCUT2D eigenvalue weighted by molar-refractivity contribution is 7.12. The van der Waals surface area contributed by atoms with Crippen LogP contribution >= 0.6 is 22.7 Å². The summed E-state index contributed by atoms with van der Waals surface area (Å²) < 4.78 is 0. The molecule has 3 nitrogen and oxygen atoms in total. The first-order valence-corrected chi connectivity index (χ1v) is 6.77. The number of ketones is 1. The Labute approximate surface area is 106 Å². The van der Waals surface area contributed by atoms with Gasteiger partial charge in [-0.3, -0.25) is 9.59 Å². The minimum Gasteiger partial charge on any atom is -0.481 e. The zero-order valence-corrected chi connectivity index (χ0v) is 10.5. The number of thiophene rings is 2. The van der Waals surface area contributed by atoms with E-state index < -0.39 is 11.9 Å². The van der Waals surface area contributed by atoms with Gasteiger partial charge in [0.25, 0.3) is 0 Å². The smallest absolute Gasteiger partial charge is 0.304 e. The van der Waals surface area contributed by atoms with E-state index in [1.165, 1.54) is 22.7 Å². The summed E-state index contributed by atoms with van der Waals surface area (Å²) in [6.07, 6.45) is -0.156. The van der Waals surface area contributed by atoms with Gasteiger partial charge >= 0.3 is 5.97 Å². The molecule has 5 heteroatoms. The van der Waals surface area contributed by atoms with Gasteiger partial charge in [0, 0.05) is 4.88 Å². The van der Waals surface area contributed by atoms with E-state index in [2.05, 4.69) is 0 Å². The van der Waals surface area contributed by atoms with Gasteiger partial charge in [-0.2, -0.15) is 0 Å². The van der Waals surface area contributed by atoms with Crippen molar-refractivity contribution >= 4 is 34.4 Å². The number of carbonyl (C=O) groups is 2. The summed E-state index contributed by atoms with van der Waals surface area (Å²) in [4.78, 5) is 24.5. The van der Waals surface area contributed by atoms with Gasteiger partial charge in [-0.05, 0) is 22.9 Å². The molecule has 0 spiro atoms. The number of hydrogen-bond donors (Lipinski definition) is 1. The van der Waals surface area contributed by atoms with Gasteiger partial charge in [0.05, 0.1) is 17.2 Å². The van der Waals surface area contributed by atoms with Crippen molar-refractivity contribution < 1.29 is 14.7 Å². The second-order valence-corrected chi connectivity index (χ2v) is 5.43. The van der Waals surface area contributed by atoms with E-state index in [0.717, 1.165) is 4.88 Å². The highest BCUT2D eigenvalue weighted by Gasteiger charge is 2.26. The lowest BCUT2D eigenvalue weighted by molar-refractivity contribution is -0.137. The van der Waals surface area contributed by atoms with E-state index in [4.69, 9.17) is 5.11 Å². The Bertz CT molecular complexity index is 500. The largest absolute Gasteiger partial charge is 0.481 e. The highest BCUT2D eigenvalue weighted by Crippen LogP contribution is 2.29. The van der Waals surface area contributed by atoms with E-state index in [9.17, 15) is 9.59 Å². The molecule has 0 saturated heterocycles. The van der Waals surface area contributed by atoms with Crippen molar-refractivity contribution in [3.8, 4) is 0 Å². The molecule has 17 heavy (non-hydrogen) atoms. The van der Waals surface area contributed by atoms with Crippen LogP contribution in [0.1, 0.15) is 26.9 Å². The second kappa shape index (κ2) is 5.25. The van der Waals surface area contributed by atoms with Gasteiger partial charge in [0.2, 0.25) is 0 Å². The van der Waals surface area contributed by atoms with Crippen LogP contribution in [0.3, 0.4) is 0 Å². The van der Waals surface area contributed by atoms with Gasteiger partial charge in [0.1, 0.15) is 0 Å². The fourth-order valence-electron chi connectivity index (χ4n) is 1.58. The molecule has 0 fully saturated rings. The van der Waals surface area contributed by atoms with Gasteiger partial charge < -0.3 is 5.11 Å². The fourth-order valence-corrected chi connectivity index (χ4v) is 3.12. The summed E-state index contributed by atoms with van der Waals surface area (Å²) in [6.45, 7) is 0. The van der Waals surface area contributed by atoms with Gasteiger partial charge in [-0.25, -0.2) is 0 Å². The molecule has 2 aromatic heterocycles. The monoisotopic (exact) mass is 266 g/mol. The number of Topliss-reactive ketones (excluding diaryl/α,β-unsaturated/α-hetero) is 1. The SMILES string of the molecule is O=C(O)CC(C(=O)c1cccs1)c1cccs1. The molecule has 88 valence electrons. The van der Waals surface area contributed by atoms with Gasteiger partial charge in [-0.15, -0.1) is 22.7 Å². The van der Waals surface area contributed by atoms with Crippen molar-refractivity contribution in [2.75, 3.05) is 0 Å². The van der Waals surface area contributed by atoms with E-state index in [1.807, 2.05) is 22.9 Å². The van der Waals surface area contributed by atoms with Crippen LogP contribution in [0.25, 0.3) is 0 Å². The molecule has 2 rings (SSSR count). The third-order valence-corrected chi connectivity index (χ3v) is 4.22. The standard InChI is InChI=1S/C12H10O3S2/c13-11(14)7-8(9-3-1-5-16-9)12(15)10-4-2-6-17-10/h1-6,8H,7H2,(H,13,14). The number of carboxylic acid groups (broad SMARTS) is 1. The molecule has 0 aliphatic heterocycles. The Morgan fingerprint density at radius 1 is 1.18 bits per heavy atom. The summed E-state index contributed by atoms with van der Waals surface area (Å²) in [6, 6.07) is 7.17. The molecule has 1 N–H and O–H groups in total. The number of aliphatic carboxylic acids is 1. The van der Waals surface area contributed by atoms with E-state index in [1.54, 1.807) is 12.1 Å². The molecular weight excluding hydrogens is 256 g/mol. The van der Waals surface area contributed by atoms with Crippen LogP contribution in [0.4, 0.5) is 0 Å². The molecule has 2 heterocycles. The first kappa shape index (κ1) is 12.0. The number of carbonyl (C=O) groups excluding carboxylic acids is 1.